The molecule has 9 heteroatoms. The number of nitrogens with zero attached hydrogens (tertiary/aromatic N) is 2. The van der Waals surface area contributed by atoms with Crippen LogP contribution in [0.4, 0.5) is 0 Å². The van der Waals surface area contributed by atoms with Crippen LogP contribution in [0.15, 0.2) is 16.3 Å². The number of halogens is 1. The Morgan fingerprint density at radius 1 is 1.20 bits per heavy atom. The molecule has 142 valence electrons. The van der Waals surface area contributed by atoms with Crippen molar-refractivity contribution in [1.29, 1.82) is 0 Å². The van der Waals surface area contributed by atoms with Crippen LogP contribution in [-0.4, -0.2) is 62.3 Å². The molecular formula is C16H26ClN3O3S2. The summed E-state index contributed by atoms with van der Waals surface area (Å²) in [7, 11) is -3.47. The van der Waals surface area contributed by atoms with Crippen LogP contribution in [0.2, 0.25) is 0 Å². The Morgan fingerprint density at radius 2 is 1.88 bits per heavy atom. The molecule has 2 aliphatic rings. The molecule has 3 rings (SSSR count). The number of sulfonamides is 1. The lowest BCUT2D eigenvalue weighted by atomic mass is 10.0. The zero-order chi connectivity index (χ0) is 17.3. The number of piperazine rings is 1. The van der Waals surface area contributed by atoms with Crippen molar-refractivity contribution in [2.75, 3.05) is 32.7 Å². The number of piperidine rings is 1. The second-order valence-electron chi connectivity index (χ2n) is 6.76. The van der Waals surface area contributed by atoms with Gasteiger partial charge >= 0.3 is 0 Å². The lowest BCUT2D eigenvalue weighted by Crippen LogP contribution is -2.52. The van der Waals surface area contributed by atoms with E-state index >= 15 is 0 Å². The van der Waals surface area contributed by atoms with Crippen LogP contribution in [0.1, 0.15) is 36.4 Å². The van der Waals surface area contributed by atoms with Crippen LogP contribution < -0.4 is 5.32 Å². The molecule has 1 aromatic heterocycles. The van der Waals surface area contributed by atoms with Crippen molar-refractivity contribution in [3.05, 3.63) is 17.0 Å². The van der Waals surface area contributed by atoms with Gasteiger partial charge in [0.05, 0.1) is 4.88 Å². The predicted octanol–water partition coefficient (Wildman–Crippen LogP) is 2.02. The molecule has 2 fully saturated rings. The van der Waals surface area contributed by atoms with Gasteiger partial charge < -0.3 is 10.2 Å². The predicted molar refractivity (Wildman–Crippen MR) is 102 cm³/mol. The van der Waals surface area contributed by atoms with Crippen molar-refractivity contribution in [1.82, 2.24) is 14.5 Å². The maximum absolute atomic E-state index is 12.8. The third-order valence-corrected chi connectivity index (χ3v) is 8.33. The van der Waals surface area contributed by atoms with Gasteiger partial charge in [0.15, 0.2) is 0 Å². The SMILES string of the molecule is CC1CCN(S(=O)(=O)c2ccc(C(=O)N3CCNCC3C)s2)CC1.Cl. The van der Waals surface area contributed by atoms with Crippen molar-refractivity contribution in [3.63, 3.8) is 0 Å². The average Bonchev–Trinajstić information content (AvgIpc) is 3.06. The maximum atomic E-state index is 12.8. The van der Waals surface area contributed by atoms with Crippen LogP contribution in [0.3, 0.4) is 0 Å². The van der Waals surface area contributed by atoms with E-state index in [1.54, 1.807) is 16.4 Å². The highest BCUT2D eigenvalue weighted by Gasteiger charge is 2.31. The van der Waals surface area contributed by atoms with E-state index in [0.717, 1.165) is 37.3 Å². The second kappa shape index (κ2) is 8.35. The van der Waals surface area contributed by atoms with Crippen LogP contribution in [-0.2, 0) is 10.0 Å². The summed E-state index contributed by atoms with van der Waals surface area (Å²) in [6.07, 6.45) is 1.80. The Labute approximate surface area is 160 Å². The summed E-state index contributed by atoms with van der Waals surface area (Å²) in [5, 5.41) is 3.25. The van der Waals surface area contributed by atoms with Gasteiger partial charge in [0.2, 0.25) is 0 Å². The summed E-state index contributed by atoms with van der Waals surface area (Å²) in [6, 6.07) is 3.36. The number of hydrogen-bond donors (Lipinski definition) is 1. The Balaban J connectivity index is 0.00000225. The fraction of sp³-hybridized carbons (Fsp3) is 0.688. The van der Waals surface area contributed by atoms with Gasteiger partial charge in [0.1, 0.15) is 4.21 Å². The van der Waals surface area contributed by atoms with Gasteiger partial charge in [-0.3, -0.25) is 4.79 Å². The number of carbonyl (C=O) groups excluding carboxylic acids is 1. The molecule has 6 nitrogen and oxygen atoms in total. The lowest BCUT2D eigenvalue weighted by molar-refractivity contribution is 0.0661. The molecule has 0 radical (unpaired) electrons. The summed E-state index contributed by atoms with van der Waals surface area (Å²) < 4.78 is 27.4. The zero-order valence-electron chi connectivity index (χ0n) is 14.6. The van der Waals surface area contributed by atoms with Crippen LogP contribution in [0.25, 0.3) is 0 Å². The largest absolute Gasteiger partial charge is 0.333 e. The van der Waals surface area contributed by atoms with Gasteiger partial charge in [-0.15, -0.1) is 23.7 Å². The number of amides is 1. The Hall–Kier alpha value is -0.670. The van der Waals surface area contributed by atoms with Gasteiger partial charge in [-0.25, -0.2) is 8.42 Å². The van der Waals surface area contributed by atoms with Gasteiger partial charge in [-0.2, -0.15) is 4.31 Å². The van der Waals surface area contributed by atoms with Crippen LogP contribution in [0, 0.1) is 5.92 Å². The maximum Gasteiger partial charge on any atom is 0.264 e. The van der Waals surface area contributed by atoms with Crippen molar-refractivity contribution in [2.24, 2.45) is 5.92 Å². The van der Waals surface area contributed by atoms with Crippen molar-refractivity contribution in [3.8, 4) is 0 Å². The van der Waals surface area contributed by atoms with Crippen molar-refractivity contribution < 1.29 is 13.2 Å². The highest BCUT2D eigenvalue weighted by molar-refractivity contribution is 7.91. The van der Waals surface area contributed by atoms with Gasteiger partial charge in [-0.05, 0) is 37.8 Å². The summed E-state index contributed by atoms with van der Waals surface area (Å²) in [5.74, 6) is 0.508. The molecule has 2 saturated heterocycles. The zero-order valence-corrected chi connectivity index (χ0v) is 17.1. The van der Waals surface area contributed by atoms with Crippen LogP contribution >= 0.6 is 23.7 Å². The molecule has 0 aliphatic carbocycles. The second-order valence-corrected chi connectivity index (χ2v) is 10.0. The van der Waals surface area contributed by atoms with Gasteiger partial charge in [0, 0.05) is 38.8 Å². The molecule has 3 heterocycles. The minimum atomic E-state index is -3.47. The van der Waals surface area contributed by atoms with Gasteiger partial charge in [-0.1, -0.05) is 6.92 Å². The van der Waals surface area contributed by atoms with E-state index in [2.05, 4.69) is 12.2 Å². The minimum Gasteiger partial charge on any atom is -0.333 e. The molecule has 1 unspecified atom stereocenters. The molecule has 0 aromatic carbocycles. The molecule has 1 aromatic rings. The molecule has 1 atom stereocenters. The lowest BCUT2D eigenvalue weighted by Gasteiger charge is -2.33. The number of rotatable bonds is 3. The first-order valence-corrected chi connectivity index (χ1v) is 10.8. The highest BCUT2D eigenvalue weighted by atomic mass is 35.5. The van der Waals surface area contributed by atoms with Crippen molar-refractivity contribution >= 4 is 39.7 Å². The van der Waals surface area contributed by atoms with Crippen molar-refractivity contribution in [2.45, 2.75) is 36.9 Å². The number of nitrogens with one attached hydrogen (secondary N) is 1. The normalized spacial score (nSPS) is 23.3. The molecule has 2 aliphatic heterocycles. The van der Waals surface area contributed by atoms with E-state index in [9.17, 15) is 13.2 Å². The molecule has 0 bridgehead atoms. The molecule has 25 heavy (non-hydrogen) atoms. The third-order valence-electron chi connectivity index (χ3n) is 4.89. The first kappa shape index (κ1) is 20.6. The summed E-state index contributed by atoms with van der Waals surface area (Å²) in [4.78, 5) is 15.0. The minimum absolute atomic E-state index is 0. The molecule has 1 N–H and O–H groups in total. The number of carbonyl (C=O) groups is 1. The standard InChI is InChI=1S/C16H25N3O3S2.ClH/c1-12-5-8-18(9-6-12)24(21,22)15-4-3-14(23-15)16(20)19-10-7-17-11-13(19)2;/h3-4,12-13,17H,5-11H2,1-2H3;1H. The molecule has 0 spiro atoms. The first-order valence-electron chi connectivity index (χ1n) is 8.51. The quantitative estimate of drug-likeness (QED) is 0.832. The van der Waals surface area contributed by atoms with Gasteiger partial charge in [0.25, 0.3) is 15.9 Å². The van der Waals surface area contributed by atoms with Crippen LogP contribution in [0.5, 0.6) is 0 Å². The fourth-order valence-electron chi connectivity index (χ4n) is 3.21. The highest BCUT2D eigenvalue weighted by Crippen LogP contribution is 2.29. The van der Waals surface area contributed by atoms with E-state index in [4.69, 9.17) is 0 Å². The number of hydrogen-bond acceptors (Lipinski definition) is 5. The van der Waals surface area contributed by atoms with E-state index < -0.39 is 10.0 Å². The topological polar surface area (TPSA) is 69.7 Å². The summed E-state index contributed by atoms with van der Waals surface area (Å²) in [5.41, 5.74) is 0. The van der Waals surface area contributed by atoms with E-state index in [-0.39, 0.29) is 28.6 Å². The molecule has 1 amide bonds. The van der Waals surface area contributed by atoms with E-state index in [0.29, 0.717) is 30.4 Å². The fourth-order valence-corrected chi connectivity index (χ4v) is 6.10. The summed E-state index contributed by atoms with van der Waals surface area (Å²) >= 11 is 1.10. The third kappa shape index (κ3) is 4.36. The summed E-state index contributed by atoms with van der Waals surface area (Å²) in [6.45, 7) is 7.50. The Bertz CT molecular complexity index is 699. The van der Waals surface area contributed by atoms with E-state index in [1.807, 2.05) is 11.8 Å². The Kier molecular flexibility index (Phi) is 6.89. The van der Waals surface area contributed by atoms with E-state index in [1.165, 1.54) is 0 Å². The molecule has 0 saturated carbocycles. The Morgan fingerprint density at radius 3 is 2.52 bits per heavy atom. The average molecular weight is 408 g/mol. The number of thiophene rings is 1. The first-order chi connectivity index (χ1) is 11.4. The molecular weight excluding hydrogens is 382 g/mol. The smallest absolute Gasteiger partial charge is 0.264 e. The monoisotopic (exact) mass is 407 g/mol.